The Hall–Kier alpha value is -1.06. The highest BCUT2D eigenvalue weighted by Crippen LogP contribution is 2.29. The quantitative estimate of drug-likeness (QED) is 0.732. The summed E-state index contributed by atoms with van der Waals surface area (Å²) in [6, 6.07) is 6.41. The van der Waals surface area contributed by atoms with Gasteiger partial charge in [0, 0.05) is 26.1 Å². The van der Waals surface area contributed by atoms with Crippen molar-refractivity contribution in [2.45, 2.75) is 39.2 Å². The van der Waals surface area contributed by atoms with Gasteiger partial charge in [-0.15, -0.1) is 0 Å². The molecule has 0 saturated carbocycles. The fraction of sp³-hybridized carbons (Fsp3) is 0.625. The van der Waals surface area contributed by atoms with Crippen molar-refractivity contribution in [3.8, 4) is 5.75 Å². The molecule has 0 radical (unpaired) electrons. The van der Waals surface area contributed by atoms with Crippen molar-refractivity contribution >= 4 is 0 Å². The Morgan fingerprint density at radius 2 is 2.26 bits per heavy atom. The highest BCUT2D eigenvalue weighted by Gasteiger charge is 2.21. The first-order valence-corrected chi connectivity index (χ1v) is 7.34. The number of nitrogens with one attached hydrogen (secondary N) is 1. The minimum absolute atomic E-state index is 0.271. The zero-order chi connectivity index (χ0) is 13.5. The van der Waals surface area contributed by atoms with Crippen LogP contribution < -0.4 is 10.1 Å². The Balaban J connectivity index is 1.59. The summed E-state index contributed by atoms with van der Waals surface area (Å²) in [5, 5.41) is 3.40. The Kier molecular flexibility index (Phi) is 5.67. The van der Waals surface area contributed by atoms with Gasteiger partial charge in [0.25, 0.3) is 0 Å². The van der Waals surface area contributed by atoms with E-state index in [1.54, 1.807) is 0 Å². The summed E-state index contributed by atoms with van der Waals surface area (Å²) in [5.74, 6) is 1.05. The highest BCUT2D eigenvalue weighted by molar-refractivity contribution is 5.40. The first-order valence-electron chi connectivity index (χ1n) is 7.34. The molecule has 0 amide bonds. The van der Waals surface area contributed by atoms with Gasteiger partial charge in [0.15, 0.2) is 0 Å². The van der Waals surface area contributed by atoms with E-state index in [2.05, 4.69) is 37.4 Å². The number of unbranched alkanes of at least 4 members (excludes halogenated alkanes) is 1. The summed E-state index contributed by atoms with van der Waals surface area (Å²) in [4.78, 5) is 0. The standard InChI is InChI=1S/C16H25NO2/c1-3-4-8-18-9-7-17-12-15-11-14-10-13(2)5-6-16(14)19-15/h5-6,10,15,17H,3-4,7-9,11-12H2,1-2H3. The average Bonchev–Trinajstić information content (AvgIpc) is 2.79. The normalized spacial score (nSPS) is 17.3. The highest BCUT2D eigenvalue weighted by atomic mass is 16.5. The second kappa shape index (κ2) is 7.51. The molecule has 19 heavy (non-hydrogen) atoms. The molecular formula is C16H25NO2. The van der Waals surface area contributed by atoms with Crippen LogP contribution in [0.25, 0.3) is 0 Å². The first kappa shape index (κ1) is 14.4. The molecule has 1 aliphatic heterocycles. The van der Waals surface area contributed by atoms with Crippen LogP contribution in [0.15, 0.2) is 18.2 Å². The fourth-order valence-corrected chi connectivity index (χ4v) is 2.32. The molecule has 1 aromatic carbocycles. The topological polar surface area (TPSA) is 30.5 Å². The van der Waals surface area contributed by atoms with Gasteiger partial charge in [0.05, 0.1) is 6.61 Å². The summed E-state index contributed by atoms with van der Waals surface area (Å²) < 4.78 is 11.4. The lowest BCUT2D eigenvalue weighted by atomic mass is 10.1. The van der Waals surface area contributed by atoms with Gasteiger partial charge in [0.2, 0.25) is 0 Å². The summed E-state index contributed by atoms with van der Waals surface area (Å²) >= 11 is 0. The van der Waals surface area contributed by atoms with Crippen molar-refractivity contribution in [3.63, 3.8) is 0 Å². The lowest BCUT2D eigenvalue weighted by Gasteiger charge is -2.11. The van der Waals surface area contributed by atoms with Crippen molar-refractivity contribution in [1.29, 1.82) is 0 Å². The van der Waals surface area contributed by atoms with Gasteiger partial charge >= 0.3 is 0 Å². The molecule has 1 atom stereocenters. The van der Waals surface area contributed by atoms with Crippen molar-refractivity contribution < 1.29 is 9.47 Å². The van der Waals surface area contributed by atoms with Crippen LogP contribution in [-0.2, 0) is 11.2 Å². The Morgan fingerprint density at radius 1 is 1.37 bits per heavy atom. The third-order valence-electron chi connectivity index (χ3n) is 3.39. The van der Waals surface area contributed by atoms with Crippen molar-refractivity contribution in [2.24, 2.45) is 0 Å². The first-order chi connectivity index (χ1) is 9.29. The van der Waals surface area contributed by atoms with Crippen LogP contribution in [0.4, 0.5) is 0 Å². The molecule has 1 aromatic rings. The molecule has 0 bridgehead atoms. The summed E-state index contributed by atoms with van der Waals surface area (Å²) in [5.41, 5.74) is 2.64. The van der Waals surface area contributed by atoms with Crippen LogP contribution in [0.2, 0.25) is 0 Å². The van der Waals surface area contributed by atoms with Crippen LogP contribution in [-0.4, -0.2) is 32.4 Å². The Morgan fingerprint density at radius 3 is 3.11 bits per heavy atom. The van der Waals surface area contributed by atoms with Gasteiger partial charge in [-0.3, -0.25) is 0 Å². The number of benzene rings is 1. The van der Waals surface area contributed by atoms with E-state index >= 15 is 0 Å². The van der Waals surface area contributed by atoms with Crippen LogP contribution >= 0.6 is 0 Å². The molecular weight excluding hydrogens is 238 g/mol. The van der Waals surface area contributed by atoms with E-state index in [-0.39, 0.29) is 6.10 Å². The fourth-order valence-electron chi connectivity index (χ4n) is 2.32. The molecule has 1 unspecified atom stereocenters. The molecule has 0 aliphatic carbocycles. The van der Waals surface area contributed by atoms with E-state index in [9.17, 15) is 0 Å². The van der Waals surface area contributed by atoms with E-state index < -0.39 is 0 Å². The molecule has 106 valence electrons. The lowest BCUT2D eigenvalue weighted by molar-refractivity contribution is 0.129. The summed E-state index contributed by atoms with van der Waals surface area (Å²) in [7, 11) is 0. The van der Waals surface area contributed by atoms with Crippen molar-refractivity contribution in [2.75, 3.05) is 26.3 Å². The molecule has 0 spiro atoms. The predicted octanol–water partition coefficient (Wildman–Crippen LogP) is 2.70. The minimum Gasteiger partial charge on any atom is -0.488 e. The van der Waals surface area contributed by atoms with E-state index in [0.717, 1.165) is 44.9 Å². The number of hydrogen-bond donors (Lipinski definition) is 1. The van der Waals surface area contributed by atoms with E-state index in [1.165, 1.54) is 17.5 Å². The molecule has 3 heteroatoms. The Bertz CT molecular complexity index is 392. The largest absolute Gasteiger partial charge is 0.488 e. The third-order valence-corrected chi connectivity index (χ3v) is 3.39. The number of aryl methyl sites for hydroxylation is 1. The van der Waals surface area contributed by atoms with Gasteiger partial charge in [-0.05, 0) is 25.0 Å². The van der Waals surface area contributed by atoms with Gasteiger partial charge in [-0.1, -0.05) is 31.0 Å². The zero-order valence-corrected chi connectivity index (χ0v) is 12.1. The lowest BCUT2D eigenvalue weighted by Crippen LogP contribution is -2.32. The van der Waals surface area contributed by atoms with Gasteiger partial charge in [0.1, 0.15) is 11.9 Å². The molecule has 2 rings (SSSR count). The van der Waals surface area contributed by atoms with Crippen molar-refractivity contribution in [3.05, 3.63) is 29.3 Å². The van der Waals surface area contributed by atoms with Gasteiger partial charge in [-0.2, -0.15) is 0 Å². The zero-order valence-electron chi connectivity index (χ0n) is 12.1. The van der Waals surface area contributed by atoms with E-state index in [0.29, 0.717) is 0 Å². The predicted molar refractivity (Wildman–Crippen MR) is 77.9 cm³/mol. The third kappa shape index (κ3) is 4.51. The molecule has 0 aromatic heterocycles. The van der Waals surface area contributed by atoms with Crippen LogP contribution in [0.3, 0.4) is 0 Å². The molecule has 0 fully saturated rings. The number of rotatable bonds is 8. The van der Waals surface area contributed by atoms with E-state index in [4.69, 9.17) is 9.47 Å². The van der Waals surface area contributed by atoms with Crippen LogP contribution in [0.5, 0.6) is 5.75 Å². The van der Waals surface area contributed by atoms with Crippen molar-refractivity contribution in [1.82, 2.24) is 5.32 Å². The maximum atomic E-state index is 5.90. The minimum atomic E-state index is 0.271. The molecule has 0 saturated heterocycles. The molecule has 1 N–H and O–H groups in total. The average molecular weight is 263 g/mol. The second-order valence-electron chi connectivity index (χ2n) is 5.23. The maximum absolute atomic E-state index is 5.90. The number of fused-ring (bicyclic) bond motifs is 1. The summed E-state index contributed by atoms with van der Waals surface area (Å²) in [6.07, 6.45) is 3.63. The smallest absolute Gasteiger partial charge is 0.123 e. The summed E-state index contributed by atoms with van der Waals surface area (Å²) in [6.45, 7) is 7.77. The number of ether oxygens (including phenoxy) is 2. The van der Waals surface area contributed by atoms with Gasteiger partial charge < -0.3 is 14.8 Å². The molecule has 1 aliphatic rings. The Labute approximate surface area is 116 Å². The SMILES string of the molecule is CCCCOCCNCC1Cc2cc(C)ccc2O1. The monoisotopic (exact) mass is 263 g/mol. The molecule has 3 nitrogen and oxygen atoms in total. The van der Waals surface area contributed by atoms with Gasteiger partial charge in [-0.25, -0.2) is 0 Å². The maximum Gasteiger partial charge on any atom is 0.123 e. The number of hydrogen-bond acceptors (Lipinski definition) is 3. The molecule has 1 heterocycles. The van der Waals surface area contributed by atoms with Crippen LogP contribution in [0, 0.1) is 6.92 Å². The van der Waals surface area contributed by atoms with E-state index in [1.807, 2.05) is 0 Å². The van der Waals surface area contributed by atoms with Crippen LogP contribution in [0.1, 0.15) is 30.9 Å². The second-order valence-corrected chi connectivity index (χ2v) is 5.23.